The van der Waals surface area contributed by atoms with Crippen LogP contribution in [0, 0.1) is 17.5 Å². The van der Waals surface area contributed by atoms with Crippen molar-refractivity contribution < 1.29 is 35.9 Å². The number of nitrogens with zero attached hydrogens (tertiary/aromatic N) is 3. The Kier molecular flexibility index (Phi) is 9.26. The summed E-state index contributed by atoms with van der Waals surface area (Å²) in [5.74, 6) is -4.02. The molecule has 1 aliphatic rings. The maximum absolute atomic E-state index is 14.5. The van der Waals surface area contributed by atoms with Gasteiger partial charge in [0.25, 0.3) is 5.91 Å². The van der Waals surface area contributed by atoms with Crippen LogP contribution >= 0.6 is 0 Å². The molecular weight excluding hydrogens is 600 g/mol. The van der Waals surface area contributed by atoms with Crippen molar-refractivity contribution in [3.8, 4) is 11.1 Å². The molecule has 1 aliphatic carbocycles. The largest absolute Gasteiger partial charge is 0.435 e. The fraction of sp³-hybridized carbons (Fsp3) is 0.312. The molecule has 0 bridgehead atoms. The van der Waals surface area contributed by atoms with Gasteiger partial charge >= 0.3 is 6.18 Å². The highest BCUT2D eigenvalue weighted by molar-refractivity contribution is 5.95. The van der Waals surface area contributed by atoms with E-state index in [0.717, 1.165) is 41.8 Å². The number of carbonyl (C=O) groups excluding carboxylic acids is 2. The van der Waals surface area contributed by atoms with Gasteiger partial charge in [0.1, 0.15) is 24.0 Å². The monoisotopic (exact) mass is 629 g/mol. The first-order valence-electron chi connectivity index (χ1n) is 14.3. The lowest BCUT2D eigenvalue weighted by atomic mass is 9.94. The van der Waals surface area contributed by atoms with Gasteiger partial charge in [-0.2, -0.15) is 18.3 Å². The summed E-state index contributed by atoms with van der Waals surface area (Å²) in [4.78, 5) is 30.2. The summed E-state index contributed by atoms with van der Waals surface area (Å²) >= 11 is 0. The molecule has 45 heavy (non-hydrogen) atoms. The molecule has 0 saturated heterocycles. The van der Waals surface area contributed by atoms with Crippen LogP contribution < -0.4 is 10.6 Å². The molecule has 0 unspecified atom stereocenters. The Labute approximate surface area is 254 Å². The molecule has 0 radical (unpaired) electrons. The van der Waals surface area contributed by atoms with Gasteiger partial charge in [-0.1, -0.05) is 25.0 Å². The van der Waals surface area contributed by atoms with Gasteiger partial charge in [0.2, 0.25) is 5.91 Å². The minimum absolute atomic E-state index is 0.156. The van der Waals surface area contributed by atoms with E-state index in [9.17, 15) is 35.9 Å². The Morgan fingerprint density at radius 1 is 1.00 bits per heavy atom. The third kappa shape index (κ3) is 7.35. The van der Waals surface area contributed by atoms with Gasteiger partial charge in [0.05, 0.1) is 17.3 Å². The first-order chi connectivity index (χ1) is 21.4. The predicted octanol–water partition coefficient (Wildman–Crippen LogP) is 6.50. The van der Waals surface area contributed by atoms with E-state index < -0.39 is 53.7 Å². The molecule has 0 spiro atoms. The van der Waals surface area contributed by atoms with Crippen LogP contribution in [0.2, 0.25) is 0 Å². The molecule has 1 fully saturated rings. The van der Waals surface area contributed by atoms with Crippen LogP contribution in [-0.4, -0.2) is 33.6 Å². The third-order valence-electron chi connectivity index (χ3n) is 7.78. The highest BCUT2D eigenvalue weighted by atomic mass is 19.4. The van der Waals surface area contributed by atoms with Gasteiger partial charge in [0, 0.05) is 36.5 Å². The van der Waals surface area contributed by atoms with Gasteiger partial charge in [0.15, 0.2) is 5.69 Å². The number of hydrogen-bond acceptors (Lipinski definition) is 4. The molecular formula is C32H29F6N5O2. The number of aromatic nitrogens is 3. The smallest absolute Gasteiger partial charge is 0.355 e. The Morgan fingerprint density at radius 3 is 2.38 bits per heavy atom. The normalized spacial score (nSPS) is 14.4. The Morgan fingerprint density at radius 2 is 1.71 bits per heavy atom. The standard InChI is InChI=1S/C32H29F6N5O2/c1-39-31(45)24-14-20(8-9-25(24)35)23-7-4-10-40-30(23)26(13-18-11-21(33)15-22(34)12-18)41-29(44)17-43-27(19-5-2-3-6-19)16-28(42-43)32(36,37)38/h4,7-12,14-16,19,26H,2-3,5-6,13,17H2,1H3,(H,39,45)(H,41,44)/t26-/m0/s1. The molecule has 13 heteroatoms. The van der Waals surface area contributed by atoms with Crippen molar-refractivity contribution in [2.75, 3.05) is 7.05 Å². The van der Waals surface area contributed by atoms with E-state index in [4.69, 9.17) is 0 Å². The average Bonchev–Trinajstić information content (AvgIpc) is 3.67. The van der Waals surface area contributed by atoms with Crippen LogP contribution in [0.15, 0.2) is 60.8 Å². The van der Waals surface area contributed by atoms with Crippen molar-refractivity contribution in [3.63, 3.8) is 0 Å². The van der Waals surface area contributed by atoms with Crippen molar-refractivity contribution in [1.29, 1.82) is 0 Å². The zero-order valence-corrected chi connectivity index (χ0v) is 24.1. The molecule has 236 valence electrons. The van der Waals surface area contributed by atoms with Crippen LogP contribution in [0.25, 0.3) is 11.1 Å². The van der Waals surface area contributed by atoms with Gasteiger partial charge in [-0.05, 0) is 66.8 Å². The van der Waals surface area contributed by atoms with Gasteiger partial charge in [-0.25, -0.2) is 13.2 Å². The lowest BCUT2D eigenvalue weighted by Crippen LogP contribution is -2.34. The Hall–Kier alpha value is -4.68. The highest BCUT2D eigenvalue weighted by Crippen LogP contribution is 2.37. The van der Waals surface area contributed by atoms with E-state index in [2.05, 4.69) is 20.7 Å². The summed E-state index contributed by atoms with van der Waals surface area (Å²) < 4.78 is 84.5. The summed E-state index contributed by atoms with van der Waals surface area (Å²) in [6.45, 7) is -0.546. The van der Waals surface area contributed by atoms with E-state index in [1.54, 1.807) is 12.1 Å². The van der Waals surface area contributed by atoms with E-state index in [1.165, 1.54) is 25.4 Å². The Balaban J connectivity index is 1.52. The van der Waals surface area contributed by atoms with Gasteiger partial charge < -0.3 is 10.6 Å². The number of alkyl halides is 3. The molecule has 2 aromatic heterocycles. The molecule has 2 heterocycles. The maximum atomic E-state index is 14.5. The number of pyridine rings is 1. The number of rotatable bonds is 9. The minimum atomic E-state index is -4.70. The number of amides is 2. The van der Waals surface area contributed by atoms with Crippen molar-refractivity contribution in [2.24, 2.45) is 0 Å². The van der Waals surface area contributed by atoms with E-state index in [1.807, 2.05) is 0 Å². The van der Waals surface area contributed by atoms with E-state index >= 15 is 0 Å². The molecule has 2 N–H and O–H groups in total. The number of halogens is 6. The zero-order valence-electron chi connectivity index (χ0n) is 24.1. The molecule has 2 amide bonds. The van der Waals surface area contributed by atoms with Crippen LogP contribution in [0.3, 0.4) is 0 Å². The van der Waals surface area contributed by atoms with E-state index in [0.29, 0.717) is 35.7 Å². The summed E-state index contributed by atoms with van der Waals surface area (Å²) in [7, 11) is 1.35. The quantitative estimate of drug-likeness (QED) is 0.207. The van der Waals surface area contributed by atoms with Crippen LogP contribution in [-0.2, 0) is 23.9 Å². The maximum Gasteiger partial charge on any atom is 0.435 e. The van der Waals surface area contributed by atoms with Crippen LogP contribution in [0.4, 0.5) is 26.3 Å². The SMILES string of the molecule is CNC(=O)c1cc(-c2cccnc2[C@H](Cc2cc(F)cc(F)c2)NC(=O)Cn2nc(C(F)(F)F)cc2C2CCCC2)ccc1F. The van der Waals surface area contributed by atoms with Crippen molar-refractivity contribution in [1.82, 2.24) is 25.4 Å². The van der Waals surface area contributed by atoms with Crippen molar-refractivity contribution in [3.05, 3.63) is 106 Å². The predicted molar refractivity (Wildman–Crippen MR) is 152 cm³/mol. The minimum Gasteiger partial charge on any atom is -0.355 e. The number of hydrogen-bond donors (Lipinski definition) is 2. The topological polar surface area (TPSA) is 88.9 Å². The summed E-state index contributed by atoms with van der Waals surface area (Å²) in [5.41, 5.74) is 0.117. The first-order valence-corrected chi connectivity index (χ1v) is 14.3. The zero-order chi connectivity index (χ0) is 32.3. The first kappa shape index (κ1) is 31.7. The van der Waals surface area contributed by atoms with Crippen LogP contribution in [0.1, 0.15) is 70.6 Å². The van der Waals surface area contributed by atoms with Crippen molar-refractivity contribution in [2.45, 2.75) is 56.8 Å². The second kappa shape index (κ2) is 13.1. The molecule has 0 aliphatic heterocycles. The van der Waals surface area contributed by atoms with Gasteiger partial charge in [-0.3, -0.25) is 19.3 Å². The second-order valence-corrected chi connectivity index (χ2v) is 10.9. The number of carbonyl (C=O) groups is 2. The Bertz CT molecular complexity index is 1690. The second-order valence-electron chi connectivity index (χ2n) is 10.9. The molecule has 7 nitrogen and oxygen atoms in total. The summed E-state index contributed by atoms with van der Waals surface area (Å²) in [6.07, 6.45) is -0.390. The fourth-order valence-electron chi connectivity index (χ4n) is 5.74. The molecule has 4 aromatic rings. The van der Waals surface area contributed by atoms with Gasteiger partial charge in [-0.15, -0.1) is 0 Å². The number of benzene rings is 2. The lowest BCUT2D eigenvalue weighted by Gasteiger charge is -2.22. The highest BCUT2D eigenvalue weighted by Gasteiger charge is 2.36. The fourth-order valence-corrected chi connectivity index (χ4v) is 5.74. The molecule has 5 rings (SSSR count). The van der Waals surface area contributed by atoms with Crippen LogP contribution in [0.5, 0.6) is 0 Å². The third-order valence-corrected chi connectivity index (χ3v) is 7.78. The average molecular weight is 630 g/mol. The molecule has 1 atom stereocenters. The molecule has 2 aromatic carbocycles. The summed E-state index contributed by atoms with van der Waals surface area (Å²) in [6, 6.07) is 9.85. The summed E-state index contributed by atoms with van der Waals surface area (Å²) in [5, 5.41) is 8.83. The van der Waals surface area contributed by atoms with Crippen molar-refractivity contribution >= 4 is 11.8 Å². The molecule has 1 saturated carbocycles. The number of nitrogens with one attached hydrogen (secondary N) is 2. The van der Waals surface area contributed by atoms with E-state index in [-0.39, 0.29) is 29.2 Å². The lowest BCUT2D eigenvalue weighted by molar-refractivity contribution is -0.141.